The standard InChI is InChI=1S/C14H19BrN2O3/c1-8(13(18)19)9(2)16-14(20)17-10(3)11-4-6-12(15)7-5-11/h4-10H,1-3H3,(H,18,19)(H2,16,17,20). The summed E-state index contributed by atoms with van der Waals surface area (Å²) >= 11 is 3.35. The molecule has 0 fully saturated rings. The number of nitrogens with one attached hydrogen (secondary N) is 2. The zero-order valence-electron chi connectivity index (χ0n) is 11.7. The fraction of sp³-hybridized carbons (Fsp3) is 0.429. The number of aliphatic carboxylic acids is 1. The van der Waals surface area contributed by atoms with Crippen LogP contribution >= 0.6 is 15.9 Å². The summed E-state index contributed by atoms with van der Waals surface area (Å²) in [5, 5.41) is 14.3. The predicted octanol–water partition coefficient (Wildman–Crippen LogP) is 2.92. The number of carboxylic acids is 1. The second-order valence-corrected chi connectivity index (χ2v) is 5.72. The molecule has 1 aromatic carbocycles. The molecule has 0 aliphatic rings. The largest absolute Gasteiger partial charge is 0.481 e. The smallest absolute Gasteiger partial charge is 0.315 e. The van der Waals surface area contributed by atoms with Crippen LogP contribution in [0.25, 0.3) is 0 Å². The normalized spacial score (nSPS) is 15.0. The van der Waals surface area contributed by atoms with Crippen LogP contribution in [0, 0.1) is 5.92 Å². The molecule has 20 heavy (non-hydrogen) atoms. The van der Waals surface area contributed by atoms with Crippen LogP contribution < -0.4 is 10.6 Å². The Morgan fingerprint density at radius 1 is 1.10 bits per heavy atom. The summed E-state index contributed by atoms with van der Waals surface area (Å²) in [6, 6.07) is 6.67. The van der Waals surface area contributed by atoms with Gasteiger partial charge in [-0.3, -0.25) is 4.79 Å². The van der Waals surface area contributed by atoms with Crippen LogP contribution in [0.4, 0.5) is 4.79 Å². The van der Waals surface area contributed by atoms with Crippen LogP contribution in [0.5, 0.6) is 0 Å². The molecule has 0 saturated carbocycles. The van der Waals surface area contributed by atoms with Crippen LogP contribution in [0.15, 0.2) is 28.7 Å². The Bertz CT molecular complexity index is 476. The van der Waals surface area contributed by atoms with E-state index >= 15 is 0 Å². The summed E-state index contributed by atoms with van der Waals surface area (Å²) in [6.45, 7) is 5.10. The number of carbonyl (C=O) groups is 2. The van der Waals surface area contributed by atoms with E-state index in [1.807, 2.05) is 31.2 Å². The Labute approximate surface area is 126 Å². The number of urea groups is 1. The van der Waals surface area contributed by atoms with E-state index in [-0.39, 0.29) is 12.1 Å². The first-order chi connectivity index (χ1) is 9.31. The quantitative estimate of drug-likeness (QED) is 0.769. The van der Waals surface area contributed by atoms with Gasteiger partial charge >= 0.3 is 12.0 Å². The van der Waals surface area contributed by atoms with E-state index in [0.717, 1.165) is 10.0 Å². The first-order valence-electron chi connectivity index (χ1n) is 6.36. The topological polar surface area (TPSA) is 78.4 Å². The lowest BCUT2D eigenvalue weighted by atomic mass is 10.0. The summed E-state index contributed by atoms with van der Waals surface area (Å²) in [7, 11) is 0. The molecule has 0 spiro atoms. The highest BCUT2D eigenvalue weighted by molar-refractivity contribution is 9.10. The van der Waals surface area contributed by atoms with Gasteiger partial charge in [-0.25, -0.2) is 4.79 Å². The molecule has 0 aliphatic carbocycles. The van der Waals surface area contributed by atoms with E-state index in [2.05, 4.69) is 26.6 Å². The van der Waals surface area contributed by atoms with Gasteiger partial charge < -0.3 is 15.7 Å². The fourth-order valence-corrected chi connectivity index (χ4v) is 1.88. The van der Waals surface area contributed by atoms with Crippen LogP contribution in [-0.4, -0.2) is 23.1 Å². The summed E-state index contributed by atoms with van der Waals surface area (Å²) in [4.78, 5) is 22.6. The molecule has 3 unspecified atom stereocenters. The van der Waals surface area contributed by atoms with E-state index in [4.69, 9.17) is 5.11 Å². The maximum Gasteiger partial charge on any atom is 0.315 e. The van der Waals surface area contributed by atoms with E-state index in [1.54, 1.807) is 13.8 Å². The van der Waals surface area contributed by atoms with Gasteiger partial charge in [-0.05, 0) is 38.5 Å². The molecule has 110 valence electrons. The minimum absolute atomic E-state index is 0.157. The highest BCUT2D eigenvalue weighted by atomic mass is 79.9. The lowest BCUT2D eigenvalue weighted by Gasteiger charge is -2.20. The second kappa shape index (κ2) is 7.28. The molecule has 3 atom stereocenters. The molecule has 0 radical (unpaired) electrons. The molecule has 5 nitrogen and oxygen atoms in total. The number of amides is 2. The number of benzene rings is 1. The first kappa shape index (κ1) is 16.5. The van der Waals surface area contributed by atoms with E-state index in [9.17, 15) is 9.59 Å². The van der Waals surface area contributed by atoms with Crippen molar-refractivity contribution in [2.75, 3.05) is 0 Å². The van der Waals surface area contributed by atoms with Gasteiger partial charge in [-0.2, -0.15) is 0 Å². The second-order valence-electron chi connectivity index (χ2n) is 4.81. The van der Waals surface area contributed by atoms with E-state index in [0.29, 0.717) is 0 Å². The van der Waals surface area contributed by atoms with E-state index < -0.39 is 17.9 Å². The average Bonchev–Trinajstić information content (AvgIpc) is 2.37. The van der Waals surface area contributed by atoms with Crippen molar-refractivity contribution >= 4 is 27.9 Å². The molecular weight excluding hydrogens is 324 g/mol. The number of hydrogen-bond donors (Lipinski definition) is 3. The van der Waals surface area contributed by atoms with Crippen molar-refractivity contribution in [2.45, 2.75) is 32.9 Å². The minimum Gasteiger partial charge on any atom is -0.481 e. The SMILES string of the molecule is CC(NC(=O)NC(C)C(C)C(=O)O)c1ccc(Br)cc1. The Morgan fingerprint density at radius 3 is 2.15 bits per heavy atom. The van der Waals surface area contributed by atoms with Gasteiger partial charge in [0, 0.05) is 10.5 Å². The third kappa shape index (κ3) is 4.85. The Balaban J connectivity index is 2.53. The molecule has 0 aromatic heterocycles. The van der Waals surface area contributed by atoms with Gasteiger partial charge in [0.25, 0.3) is 0 Å². The molecule has 0 heterocycles. The molecule has 2 amide bonds. The Hall–Kier alpha value is -1.56. The van der Waals surface area contributed by atoms with Crippen LogP contribution in [-0.2, 0) is 4.79 Å². The zero-order valence-corrected chi connectivity index (χ0v) is 13.3. The lowest BCUT2D eigenvalue weighted by Crippen LogP contribution is -2.45. The van der Waals surface area contributed by atoms with Crippen molar-refractivity contribution in [3.8, 4) is 0 Å². The summed E-state index contributed by atoms with van der Waals surface area (Å²) in [6.07, 6.45) is 0. The minimum atomic E-state index is -0.932. The maximum absolute atomic E-state index is 11.8. The van der Waals surface area contributed by atoms with Crippen molar-refractivity contribution in [3.05, 3.63) is 34.3 Å². The van der Waals surface area contributed by atoms with E-state index in [1.165, 1.54) is 0 Å². The molecule has 0 saturated heterocycles. The van der Waals surface area contributed by atoms with Gasteiger partial charge in [0.15, 0.2) is 0 Å². The van der Waals surface area contributed by atoms with Gasteiger partial charge in [-0.15, -0.1) is 0 Å². The number of carboxylic acid groups (broad SMARTS) is 1. The fourth-order valence-electron chi connectivity index (χ4n) is 1.62. The molecule has 1 aromatic rings. The van der Waals surface area contributed by atoms with Crippen LogP contribution in [0.2, 0.25) is 0 Å². The van der Waals surface area contributed by atoms with Gasteiger partial charge in [-0.1, -0.05) is 28.1 Å². The van der Waals surface area contributed by atoms with Crippen molar-refractivity contribution in [3.63, 3.8) is 0 Å². The number of halogens is 1. The molecule has 0 aliphatic heterocycles. The van der Waals surface area contributed by atoms with Crippen molar-refractivity contribution in [1.29, 1.82) is 0 Å². The van der Waals surface area contributed by atoms with Crippen LogP contribution in [0.1, 0.15) is 32.4 Å². The van der Waals surface area contributed by atoms with Crippen molar-refractivity contribution < 1.29 is 14.7 Å². The van der Waals surface area contributed by atoms with Gasteiger partial charge in [0.2, 0.25) is 0 Å². The summed E-state index contributed by atoms with van der Waals surface area (Å²) < 4.78 is 0.974. The number of hydrogen-bond acceptors (Lipinski definition) is 2. The molecule has 6 heteroatoms. The molecule has 1 rings (SSSR count). The predicted molar refractivity (Wildman–Crippen MR) is 80.5 cm³/mol. The van der Waals surface area contributed by atoms with Gasteiger partial charge in [0.1, 0.15) is 0 Å². The Kier molecular flexibility index (Phi) is 6.01. The summed E-state index contributed by atoms with van der Waals surface area (Å²) in [5.41, 5.74) is 0.974. The molecule has 3 N–H and O–H groups in total. The van der Waals surface area contributed by atoms with Gasteiger partial charge in [0.05, 0.1) is 12.0 Å². The van der Waals surface area contributed by atoms with Crippen molar-refractivity contribution in [1.82, 2.24) is 10.6 Å². The summed E-state index contributed by atoms with van der Waals surface area (Å²) in [5.74, 6) is -1.57. The lowest BCUT2D eigenvalue weighted by molar-refractivity contribution is -0.141. The Morgan fingerprint density at radius 2 is 1.65 bits per heavy atom. The first-order valence-corrected chi connectivity index (χ1v) is 7.16. The van der Waals surface area contributed by atoms with Crippen molar-refractivity contribution in [2.24, 2.45) is 5.92 Å². The number of rotatable bonds is 5. The third-order valence-corrected chi connectivity index (χ3v) is 3.74. The maximum atomic E-state index is 11.8. The number of carbonyl (C=O) groups excluding carboxylic acids is 1. The monoisotopic (exact) mass is 342 g/mol. The zero-order chi connectivity index (χ0) is 15.3. The molecule has 0 bridgehead atoms. The molecular formula is C14H19BrN2O3. The average molecular weight is 343 g/mol. The van der Waals surface area contributed by atoms with Crippen LogP contribution in [0.3, 0.4) is 0 Å². The highest BCUT2D eigenvalue weighted by Gasteiger charge is 2.21. The third-order valence-electron chi connectivity index (χ3n) is 3.22. The highest BCUT2D eigenvalue weighted by Crippen LogP contribution is 2.16.